The number of phenolic OH excluding ortho intramolecular Hbond substituents is 2. The summed E-state index contributed by atoms with van der Waals surface area (Å²) in [7, 11) is 0. The molecule has 15 N–H and O–H groups in total. The number of aromatic hydroxyl groups is 2. The van der Waals surface area contributed by atoms with Gasteiger partial charge < -0.3 is 68.9 Å². The normalized spacial score (nSPS) is 14.8. The third kappa shape index (κ3) is 17.4. The number of carbonyl (C=O) groups excluding carboxylic acids is 6. The molecule has 0 aromatic heterocycles. The first-order chi connectivity index (χ1) is 29.9. The molecule has 0 radical (unpaired) electrons. The second kappa shape index (κ2) is 25.4. The molecule has 0 aliphatic rings. The maximum atomic E-state index is 13.9. The van der Waals surface area contributed by atoms with E-state index in [0.717, 1.165) is 0 Å². The van der Waals surface area contributed by atoms with Gasteiger partial charge in [-0.15, -0.1) is 0 Å². The fourth-order valence-electron chi connectivity index (χ4n) is 6.25. The highest BCUT2D eigenvalue weighted by atomic mass is 16.4. The van der Waals surface area contributed by atoms with Crippen LogP contribution in [0.15, 0.2) is 78.9 Å². The Kier molecular flexibility index (Phi) is 20.4. The lowest BCUT2D eigenvalue weighted by molar-refractivity contribution is -0.142. The van der Waals surface area contributed by atoms with Crippen LogP contribution in [-0.2, 0) is 52.8 Å². The Hall–Kier alpha value is -6.61. The number of carboxylic acids is 1. The fourth-order valence-corrected chi connectivity index (χ4v) is 6.25. The second-order valence-corrected chi connectivity index (χ2v) is 15.1. The van der Waals surface area contributed by atoms with Gasteiger partial charge in [-0.25, -0.2) is 4.79 Å². The summed E-state index contributed by atoms with van der Waals surface area (Å²) >= 11 is 0. The van der Waals surface area contributed by atoms with Crippen LogP contribution in [-0.4, -0.2) is 128 Å². The van der Waals surface area contributed by atoms with Gasteiger partial charge in [-0.05, 0) is 87.0 Å². The quantitative estimate of drug-likeness (QED) is 0.0409. The molecular weight excluding hydrogens is 821 g/mol. The lowest BCUT2D eigenvalue weighted by Gasteiger charge is -2.27. The van der Waals surface area contributed by atoms with Crippen LogP contribution in [0.4, 0.5) is 0 Å². The van der Waals surface area contributed by atoms with Crippen molar-refractivity contribution in [3.63, 3.8) is 0 Å². The third-order valence-corrected chi connectivity index (χ3v) is 9.78. The average Bonchev–Trinajstić information content (AvgIpc) is 3.24. The highest BCUT2D eigenvalue weighted by molar-refractivity contribution is 5.96. The Labute approximate surface area is 364 Å². The number of aliphatic hydroxyl groups is 2. The molecule has 63 heavy (non-hydrogen) atoms. The van der Waals surface area contributed by atoms with Crippen molar-refractivity contribution in [3.05, 3.63) is 95.6 Å². The minimum absolute atomic E-state index is 0.0153. The molecule has 342 valence electrons. The maximum Gasteiger partial charge on any atom is 0.326 e. The molecule has 20 nitrogen and oxygen atoms in total. The topological polar surface area (TPSA) is 345 Å². The number of carbonyl (C=O) groups is 7. The maximum absolute atomic E-state index is 13.9. The molecular formula is C43H58N8O12. The van der Waals surface area contributed by atoms with Crippen molar-refractivity contribution < 1.29 is 59.1 Å². The summed E-state index contributed by atoms with van der Waals surface area (Å²) < 4.78 is 0. The molecule has 20 heteroatoms. The number of aliphatic carboxylic acids is 1. The summed E-state index contributed by atoms with van der Waals surface area (Å²) in [6.45, 7) is 2.01. The lowest BCUT2D eigenvalue weighted by Crippen LogP contribution is -2.61. The van der Waals surface area contributed by atoms with Gasteiger partial charge in [-0.1, -0.05) is 54.6 Å². The number of hydrogen-bond acceptors (Lipinski definition) is 13. The van der Waals surface area contributed by atoms with E-state index in [1.165, 1.54) is 50.2 Å². The van der Waals surface area contributed by atoms with Crippen molar-refractivity contribution in [1.29, 1.82) is 0 Å². The molecule has 0 saturated carbocycles. The van der Waals surface area contributed by atoms with Gasteiger partial charge in [-0.2, -0.15) is 0 Å². The van der Waals surface area contributed by atoms with Crippen molar-refractivity contribution >= 4 is 41.4 Å². The van der Waals surface area contributed by atoms with Gasteiger partial charge in [0.1, 0.15) is 41.7 Å². The van der Waals surface area contributed by atoms with Crippen LogP contribution >= 0.6 is 0 Å². The predicted octanol–water partition coefficient (Wildman–Crippen LogP) is -2.03. The van der Waals surface area contributed by atoms with E-state index in [1.807, 2.05) is 0 Å². The summed E-state index contributed by atoms with van der Waals surface area (Å²) in [6.07, 6.45) is -2.27. The lowest BCUT2D eigenvalue weighted by atomic mass is 10.0. The molecule has 0 spiro atoms. The number of nitrogens with two attached hydrogens (primary N) is 2. The zero-order chi connectivity index (χ0) is 46.6. The number of rotatable bonds is 25. The smallest absolute Gasteiger partial charge is 0.326 e. The van der Waals surface area contributed by atoms with E-state index < -0.39 is 96.4 Å². The molecule has 8 atom stereocenters. The molecule has 0 fully saturated rings. The van der Waals surface area contributed by atoms with Crippen molar-refractivity contribution in [2.75, 3.05) is 13.1 Å². The summed E-state index contributed by atoms with van der Waals surface area (Å²) in [6, 6.07) is 11.6. The van der Waals surface area contributed by atoms with Gasteiger partial charge >= 0.3 is 5.97 Å². The number of unbranched alkanes of at least 4 members (excludes halogenated alkanes) is 1. The van der Waals surface area contributed by atoms with Gasteiger partial charge in [0, 0.05) is 12.8 Å². The van der Waals surface area contributed by atoms with E-state index in [4.69, 9.17) is 11.5 Å². The minimum atomic E-state index is -1.71. The van der Waals surface area contributed by atoms with Gasteiger partial charge in [0.05, 0.1) is 24.8 Å². The molecule has 3 aromatic carbocycles. The number of carboxylic acid groups (broad SMARTS) is 1. The largest absolute Gasteiger partial charge is 0.508 e. The first-order valence-corrected chi connectivity index (χ1v) is 20.3. The monoisotopic (exact) mass is 878 g/mol. The molecule has 0 unspecified atom stereocenters. The van der Waals surface area contributed by atoms with E-state index in [-0.39, 0.29) is 37.2 Å². The molecule has 0 bridgehead atoms. The van der Waals surface area contributed by atoms with Gasteiger partial charge in [-0.3, -0.25) is 28.8 Å². The summed E-state index contributed by atoms with van der Waals surface area (Å²) in [5.74, 6) is -6.86. The number of hydrogen-bond donors (Lipinski definition) is 13. The average molecular weight is 879 g/mol. The highest BCUT2D eigenvalue weighted by Crippen LogP contribution is 2.14. The van der Waals surface area contributed by atoms with E-state index in [2.05, 4.69) is 31.9 Å². The Morgan fingerprint density at radius 3 is 1.54 bits per heavy atom. The van der Waals surface area contributed by atoms with Crippen molar-refractivity contribution in [1.82, 2.24) is 31.9 Å². The molecule has 3 rings (SSSR count). The van der Waals surface area contributed by atoms with E-state index in [1.54, 1.807) is 42.5 Å². The van der Waals surface area contributed by atoms with Crippen molar-refractivity contribution in [3.8, 4) is 11.5 Å². The van der Waals surface area contributed by atoms with Crippen LogP contribution in [0.5, 0.6) is 11.5 Å². The predicted molar refractivity (Wildman–Crippen MR) is 228 cm³/mol. The van der Waals surface area contributed by atoms with Gasteiger partial charge in [0.15, 0.2) is 0 Å². The Morgan fingerprint density at radius 2 is 1.02 bits per heavy atom. The van der Waals surface area contributed by atoms with E-state index >= 15 is 0 Å². The molecule has 0 aliphatic heterocycles. The van der Waals surface area contributed by atoms with Gasteiger partial charge in [0.25, 0.3) is 0 Å². The Bertz CT molecular complexity index is 1980. The van der Waals surface area contributed by atoms with E-state index in [9.17, 15) is 59.1 Å². The molecule has 0 aliphatic carbocycles. The van der Waals surface area contributed by atoms with Crippen molar-refractivity contribution in [2.24, 2.45) is 11.5 Å². The first kappa shape index (κ1) is 50.7. The van der Waals surface area contributed by atoms with Crippen LogP contribution in [0.3, 0.4) is 0 Å². The zero-order valence-corrected chi connectivity index (χ0v) is 35.0. The first-order valence-electron chi connectivity index (χ1n) is 20.3. The van der Waals surface area contributed by atoms with Crippen LogP contribution in [0.1, 0.15) is 49.8 Å². The highest BCUT2D eigenvalue weighted by Gasteiger charge is 2.34. The molecule has 0 saturated heterocycles. The number of amides is 6. The van der Waals surface area contributed by atoms with Crippen LogP contribution in [0.2, 0.25) is 0 Å². The van der Waals surface area contributed by atoms with Crippen molar-refractivity contribution in [2.45, 2.75) is 101 Å². The van der Waals surface area contributed by atoms with E-state index in [0.29, 0.717) is 36.1 Å². The molecule has 0 heterocycles. The third-order valence-electron chi connectivity index (χ3n) is 9.78. The Balaban J connectivity index is 1.76. The summed E-state index contributed by atoms with van der Waals surface area (Å²) in [5.41, 5.74) is 13.2. The second-order valence-electron chi connectivity index (χ2n) is 15.1. The van der Waals surface area contributed by atoms with Crippen LogP contribution in [0, 0.1) is 0 Å². The van der Waals surface area contributed by atoms with Crippen LogP contribution < -0.4 is 43.4 Å². The summed E-state index contributed by atoms with van der Waals surface area (Å²) in [5, 5.41) is 64.6. The standard InChI is InChI=1S/C43H58N8O12/c1-24(52)36(50-38(57)31(45)20-27-11-15-29(54)16-12-27)41(60)46-23-35(56)47-33(22-28-13-17-30(55)18-14-28)40(59)51-37(25(2)53)42(61)49-34(21-26-8-4-3-5-9-26)39(58)48-32(43(62)63)10-6-7-19-44/h3-5,8-9,11-18,24-25,31-34,36-37,52-55H,6-7,10,19-23,44-45H2,1-2H3,(H,46,60)(H,47,56)(H,48,58)(H,49,61)(H,50,57)(H,51,59)(H,62,63)/t24-,25-,31+,32+,33+,34+,36+,37+/m1/s1. The number of nitrogens with one attached hydrogen (secondary N) is 6. The molecule has 3 aromatic rings. The van der Waals surface area contributed by atoms with Crippen LogP contribution in [0.25, 0.3) is 0 Å². The van der Waals surface area contributed by atoms with Gasteiger partial charge in [0.2, 0.25) is 35.4 Å². The fraction of sp³-hybridized carbons (Fsp3) is 0.419. The summed E-state index contributed by atoms with van der Waals surface area (Å²) in [4.78, 5) is 92.4. The number of phenols is 2. The Morgan fingerprint density at radius 1 is 0.556 bits per heavy atom. The minimum Gasteiger partial charge on any atom is -0.508 e. The number of benzene rings is 3. The SMILES string of the molecule is C[C@@H](O)[C@H](NC(=O)[C@H](Cc1ccc(O)cc1)NC(=O)CNC(=O)[C@@H](NC(=O)[C@@H](N)Cc1ccc(O)cc1)[C@@H](C)O)C(=O)N[C@@H](Cc1ccccc1)C(=O)N[C@@H](CCCCN)C(=O)O. The molecule has 6 amide bonds. The zero-order valence-electron chi connectivity index (χ0n) is 35.0. The number of aliphatic hydroxyl groups excluding tert-OH is 2.